The molecule has 0 nitrogen and oxygen atoms in total. The van der Waals surface area contributed by atoms with Crippen molar-refractivity contribution in [1.82, 2.24) is 0 Å². The van der Waals surface area contributed by atoms with Crippen molar-refractivity contribution in [2.45, 2.75) is 48.5 Å². The molecule has 28 rings (SSSR count). The average Bonchev–Trinajstić information content (AvgIpc) is 1.66. The largest absolute Gasteiger partial charge is 0.135 e. The second-order valence-electron chi connectivity index (χ2n) is 36.0. The van der Waals surface area contributed by atoms with Crippen LogP contribution in [0.1, 0.15) is 38.9 Å². The fourth-order valence-electron chi connectivity index (χ4n) is 19.3. The van der Waals surface area contributed by atoms with Crippen LogP contribution >= 0.6 is 79.4 Å². The quantitative estimate of drug-likeness (QED) is 0.149. The van der Waals surface area contributed by atoms with E-state index in [0.717, 1.165) is 0 Å². The standard InChI is InChI=1S/7C19H14S/c1-13-6-4-7-14(12-13)15-9-5-10-17-16-8-2-3-11-18(16)20-19(15)17;1-13-7-2-3-8-14(13)16-10-6-11-17-15-9-4-5-12-18(15)20-19(16)17;1-13-5-4-6-14(11-13)15-9-10-19-17(12-15)16-7-2-3-8-18(16)20-19;1-13-6-2-3-7-15(13)14-10-11-19-17(12-14)16-8-4-5-9-18(16)20-19;1-13-6-2-3-7-15(13)14-10-11-17-16-8-4-5-9-18(16)20-19(17)12-14;1-13-9-11-14(12-10-13)15-6-4-7-17-16-5-2-3-8-18(16)20-19(15)17;1-13-6-8-14(9-7-13)15-10-11-17-16-4-2-3-5-18(16)20-19(17)12-15/h7*2-12H,1H3. The van der Waals surface area contributed by atoms with Gasteiger partial charge in [-0.3, -0.25) is 0 Å². The van der Waals surface area contributed by atoms with Crippen LogP contribution in [0.25, 0.3) is 219 Å². The molecule has 7 heterocycles. The summed E-state index contributed by atoms with van der Waals surface area (Å²) in [6.07, 6.45) is 0. The number of hydrogen-bond acceptors (Lipinski definition) is 7. The van der Waals surface area contributed by atoms with Gasteiger partial charge in [-0.15, -0.1) is 79.4 Å². The zero-order valence-corrected chi connectivity index (χ0v) is 84.5. The molecule has 7 aromatic heterocycles. The molecule has 0 fully saturated rings. The summed E-state index contributed by atoms with van der Waals surface area (Å²) in [4.78, 5) is 0. The third kappa shape index (κ3) is 18.7. The van der Waals surface area contributed by atoms with Gasteiger partial charge >= 0.3 is 0 Å². The van der Waals surface area contributed by atoms with E-state index >= 15 is 0 Å². The summed E-state index contributed by atoms with van der Waals surface area (Å²) in [5, 5.41) is 19.1. The average molecular weight is 1920 g/mol. The maximum Gasteiger partial charge on any atom is 0.0433 e. The highest BCUT2D eigenvalue weighted by Crippen LogP contribution is 2.47. The van der Waals surface area contributed by atoms with E-state index in [2.05, 4.69) is 516 Å². The van der Waals surface area contributed by atoms with Crippen LogP contribution in [0.5, 0.6) is 0 Å². The van der Waals surface area contributed by atoms with E-state index in [1.54, 1.807) is 0 Å². The van der Waals surface area contributed by atoms with Crippen molar-refractivity contribution in [3.05, 3.63) is 506 Å². The zero-order chi connectivity index (χ0) is 94.7. The van der Waals surface area contributed by atoms with Crippen LogP contribution in [0.3, 0.4) is 0 Å². The molecule has 0 saturated carbocycles. The number of thiophene rings is 7. The maximum atomic E-state index is 2.33. The summed E-state index contributed by atoms with van der Waals surface area (Å²) in [6.45, 7) is 15.1. The molecule has 7 heteroatoms. The van der Waals surface area contributed by atoms with Crippen molar-refractivity contribution in [3.8, 4) is 77.9 Å². The summed E-state index contributed by atoms with van der Waals surface area (Å²) in [6, 6.07) is 168. The van der Waals surface area contributed by atoms with Gasteiger partial charge in [0.15, 0.2) is 0 Å². The predicted molar refractivity (Wildman–Crippen MR) is 627 cm³/mol. The van der Waals surface area contributed by atoms with E-state index in [9.17, 15) is 0 Å². The molecule has 672 valence electrons. The monoisotopic (exact) mass is 1920 g/mol. The molecule has 0 atom stereocenters. The maximum absolute atomic E-state index is 2.33. The number of benzene rings is 21. The lowest BCUT2D eigenvalue weighted by molar-refractivity contribution is 1.46. The Kier molecular flexibility index (Phi) is 26.0. The second-order valence-corrected chi connectivity index (χ2v) is 43.5. The minimum Gasteiger partial charge on any atom is -0.135 e. The molecule has 0 spiro atoms. The van der Waals surface area contributed by atoms with Crippen LogP contribution in [0.4, 0.5) is 0 Å². The van der Waals surface area contributed by atoms with E-state index < -0.39 is 0 Å². The molecular formula is C133H98S7. The second kappa shape index (κ2) is 40.3. The molecular weight excluding hydrogens is 1820 g/mol. The van der Waals surface area contributed by atoms with Gasteiger partial charge in [-0.2, -0.15) is 0 Å². The lowest BCUT2D eigenvalue weighted by atomic mass is 9.99. The topological polar surface area (TPSA) is 0 Å². The number of hydrogen-bond donors (Lipinski definition) is 0. The molecule has 0 aliphatic carbocycles. The first kappa shape index (κ1) is 90.3. The fourth-order valence-corrected chi connectivity index (χ4v) is 27.5. The van der Waals surface area contributed by atoms with Crippen LogP contribution in [0.15, 0.2) is 467 Å². The lowest BCUT2D eigenvalue weighted by Gasteiger charge is -2.06. The van der Waals surface area contributed by atoms with Crippen molar-refractivity contribution < 1.29 is 0 Å². The van der Waals surface area contributed by atoms with Crippen molar-refractivity contribution in [2.75, 3.05) is 0 Å². The predicted octanol–water partition coefficient (Wildman–Crippen LogP) is 42.2. The molecule has 0 N–H and O–H groups in total. The Morgan fingerprint density at radius 3 is 0.793 bits per heavy atom. The van der Waals surface area contributed by atoms with Gasteiger partial charge in [-0.25, -0.2) is 0 Å². The summed E-state index contributed by atoms with van der Waals surface area (Å²) in [7, 11) is 0. The Morgan fingerprint density at radius 2 is 0.357 bits per heavy atom. The summed E-state index contributed by atoms with van der Waals surface area (Å²) in [5.74, 6) is 0. The highest BCUT2D eigenvalue weighted by atomic mass is 32.1. The van der Waals surface area contributed by atoms with E-state index in [4.69, 9.17) is 0 Å². The van der Waals surface area contributed by atoms with Crippen LogP contribution in [0.2, 0.25) is 0 Å². The van der Waals surface area contributed by atoms with Gasteiger partial charge in [0.05, 0.1) is 0 Å². The van der Waals surface area contributed by atoms with E-state index in [1.807, 2.05) is 79.4 Å². The van der Waals surface area contributed by atoms with E-state index in [1.165, 1.54) is 258 Å². The third-order valence-electron chi connectivity index (χ3n) is 26.5. The Labute approximate surface area is 845 Å². The van der Waals surface area contributed by atoms with Gasteiger partial charge < -0.3 is 0 Å². The van der Waals surface area contributed by atoms with Gasteiger partial charge in [-0.05, 0) is 222 Å². The first-order valence-corrected chi connectivity index (χ1v) is 53.3. The molecule has 0 radical (unpaired) electrons. The molecule has 0 aliphatic rings. The third-order valence-corrected chi connectivity index (χ3v) is 34.7. The highest BCUT2D eigenvalue weighted by Gasteiger charge is 2.18. The number of aryl methyl sites for hydroxylation is 7. The highest BCUT2D eigenvalue weighted by molar-refractivity contribution is 7.28. The molecule has 0 amide bonds. The first-order chi connectivity index (χ1) is 68.8. The van der Waals surface area contributed by atoms with Gasteiger partial charge in [0.1, 0.15) is 0 Å². The minimum absolute atomic E-state index is 1.29. The Balaban J connectivity index is 0.0000000939. The summed E-state index contributed by atoms with van der Waals surface area (Å²) < 4.78 is 19.2. The van der Waals surface area contributed by atoms with E-state index in [0.29, 0.717) is 0 Å². The first-order valence-electron chi connectivity index (χ1n) is 47.6. The molecule has 0 aliphatic heterocycles. The fraction of sp³-hybridized carbons (Fsp3) is 0.0526. The summed E-state index contributed by atoms with van der Waals surface area (Å²) >= 11 is 13.2. The van der Waals surface area contributed by atoms with Crippen LogP contribution in [-0.2, 0) is 0 Å². The zero-order valence-electron chi connectivity index (χ0n) is 78.8. The van der Waals surface area contributed by atoms with Crippen LogP contribution in [0, 0.1) is 48.5 Å². The normalized spacial score (nSPS) is 11.2. The number of fused-ring (bicyclic) bond motifs is 21. The van der Waals surface area contributed by atoms with Crippen molar-refractivity contribution >= 4 is 221 Å². The number of rotatable bonds is 7. The molecule has 140 heavy (non-hydrogen) atoms. The minimum atomic E-state index is 1.29. The SMILES string of the molecule is Cc1ccc(-c2ccc3c(c2)sc2ccccc23)cc1.Cc1ccc(-c2cccc3c2sc2ccccc23)cc1.Cc1cccc(-c2ccc3sc4ccccc4c3c2)c1.Cc1cccc(-c2cccc3c2sc2ccccc23)c1.Cc1ccccc1-c1ccc2c(c1)sc1ccccc12.Cc1ccccc1-c1ccc2sc3ccccc3c2c1.Cc1ccccc1-c1cccc2c1sc1ccccc12. The van der Waals surface area contributed by atoms with Gasteiger partial charge in [0, 0.05) is 141 Å². The molecule has 0 unspecified atom stereocenters. The Morgan fingerprint density at radius 1 is 0.114 bits per heavy atom. The molecule has 28 aromatic rings. The smallest absolute Gasteiger partial charge is 0.0433 e. The van der Waals surface area contributed by atoms with Crippen molar-refractivity contribution in [3.63, 3.8) is 0 Å². The van der Waals surface area contributed by atoms with Gasteiger partial charge in [0.2, 0.25) is 0 Å². The van der Waals surface area contributed by atoms with Crippen LogP contribution < -0.4 is 0 Å². The van der Waals surface area contributed by atoms with Crippen molar-refractivity contribution in [1.29, 1.82) is 0 Å². The van der Waals surface area contributed by atoms with Gasteiger partial charge in [0.25, 0.3) is 0 Å². The summed E-state index contributed by atoms with van der Waals surface area (Å²) in [5.41, 5.74) is 27.6. The van der Waals surface area contributed by atoms with Gasteiger partial charge in [-0.1, -0.05) is 411 Å². The molecule has 21 aromatic carbocycles. The Hall–Kier alpha value is -14.8. The van der Waals surface area contributed by atoms with E-state index in [-0.39, 0.29) is 0 Å². The molecule has 0 bridgehead atoms. The Bertz CT molecular complexity index is 9390. The molecule has 0 saturated heterocycles. The lowest BCUT2D eigenvalue weighted by Crippen LogP contribution is -1.82. The van der Waals surface area contributed by atoms with Crippen molar-refractivity contribution in [2.24, 2.45) is 0 Å². The van der Waals surface area contributed by atoms with Crippen LogP contribution in [-0.4, -0.2) is 0 Å².